The number of aromatic nitrogens is 1. The van der Waals surface area contributed by atoms with Gasteiger partial charge in [-0.15, -0.1) is 0 Å². The average Bonchev–Trinajstić information content (AvgIpc) is 3.61. The molecule has 8 heteroatoms. The fourth-order valence-electron chi connectivity index (χ4n) is 6.57. The van der Waals surface area contributed by atoms with Crippen LogP contribution in [0.15, 0.2) is 30.5 Å². The van der Waals surface area contributed by atoms with Crippen LogP contribution in [-0.2, 0) is 30.3 Å². The minimum absolute atomic E-state index is 0.0303. The normalized spacial score (nSPS) is 26.3. The summed E-state index contributed by atoms with van der Waals surface area (Å²) in [5, 5.41) is 1.96. The summed E-state index contributed by atoms with van der Waals surface area (Å²) >= 11 is 0. The maximum atomic E-state index is 14.1. The number of cyclic esters (lactones) is 1. The molecule has 1 aromatic carbocycles. The van der Waals surface area contributed by atoms with Crippen LogP contribution in [0.1, 0.15) is 77.7 Å². The van der Waals surface area contributed by atoms with Crippen LogP contribution in [0.25, 0.3) is 10.8 Å². The number of amides is 1. The number of pyridine rings is 1. The van der Waals surface area contributed by atoms with Crippen LogP contribution in [0.4, 0.5) is 0 Å². The molecule has 0 unspecified atom stereocenters. The maximum Gasteiger partial charge on any atom is 0.328 e. The van der Waals surface area contributed by atoms with Gasteiger partial charge < -0.3 is 19.1 Å². The lowest BCUT2D eigenvalue weighted by Crippen LogP contribution is -2.46. The van der Waals surface area contributed by atoms with Gasteiger partial charge in [0.2, 0.25) is 11.8 Å². The number of nitrogens with zero attached hydrogens (tertiary/aromatic N) is 2. The van der Waals surface area contributed by atoms with E-state index >= 15 is 0 Å². The summed E-state index contributed by atoms with van der Waals surface area (Å²) < 4.78 is 17.6. The zero-order valence-corrected chi connectivity index (χ0v) is 24.0. The predicted molar refractivity (Wildman–Crippen MR) is 151 cm³/mol. The zero-order valence-electron chi connectivity index (χ0n) is 24.0. The van der Waals surface area contributed by atoms with Gasteiger partial charge >= 0.3 is 11.9 Å². The van der Waals surface area contributed by atoms with Gasteiger partial charge in [0.1, 0.15) is 12.1 Å². The molecule has 8 nitrogen and oxygen atoms in total. The number of hydrogen-bond acceptors (Lipinski definition) is 7. The van der Waals surface area contributed by atoms with Gasteiger partial charge in [-0.2, -0.15) is 0 Å². The fraction of sp³-hybridized carbons (Fsp3) is 0.625. The van der Waals surface area contributed by atoms with Gasteiger partial charge in [0, 0.05) is 18.0 Å². The summed E-state index contributed by atoms with van der Waals surface area (Å²) in [5.41, 5.74) is 1.00. The third-order valence-electron chi connectivity index (χ3n) is 8.79. The summed E-state index contributed by atoms with van der Waals surface area (Å²) in [6, 6.07) is 7.55. The Bertz CT molecular complexity index is 1240. The highest BCUT2D eigenvalue weighted by molar-refractivity contribution is 5.89. The minimum atomic E-state index is -0.760. The molecule has 216 valence electrons. The summed E-state index contributed by atoms with van der Waals surface area (Å²) in [6.07, 6.45) is 8.28. The van der Waals surface area contributed by atoms with Gasteiger partial charge in [-0.25, -0.2) is 9.78 Å². The molecule has 4 bridgehead atoms. The van der Waals surface area contributed by atoms with Crippen LogP contribution in [0.5, 0.6) is 5.88 Å². The highest BCUT2D eigenvalue weighted by Crippen LogP contribution is 2.37. The zero-order chi connectivity index (χ0) is 28.3. The van der Waals surface area contributed by atoms with Gasteiger partial charge in [-0.1, -0.05) is 38.8 Å². The van der Waals surface area contributed by atoms with E-state index < -0.39 is 24.0 Å². The SMILES string of the molecule is CCOC(=O)[C@@H]1C[C@@H]2CN1C(=O)[C@H](C1CCCC1)CC(=O)OCC(C)(C)CCCc1ccc3ccnc(c3c1)O2. The Hall–Kier alpha value is -3.16. The molecule has 1 aliphatic carbocycles. The van der Waals surface area contributed by atoms with Crippen molar-refractivity contribution in [3.8, 4) is 5.88 Å². The fourth-order valence-corrected chi connectivity index (χ4v) is 6.57. The van der Waals surface area contributed by atoms with E-state index in [2.05, 4.69) is 37.0 Å². The Morgan fingerprint density at radius 1 is 1.15 bits per heavy atom. The number of carbonyl (C=O) groups is 3. The van der Waals surface area contributed by atoms with Crippen molar-refractivity contribution in [1.82, 2.24) is 9.88 Å². The molecule has 40 heavy (non-hydrogen) atoms. The quantitative estimate of drug-likeness (QED) is 0.482. The smallest absolute Gasteiger partial charge is 0.328 e. The summed E-state index contributed by atoms with van der Waals surface area (Å²) in [7, 11) is 0. The number of esters is 2. The molecule has 1 saturated heterocycles. The third-order valence-corrected chi connectivity index (χ3v) is 8.79. The molecule has 5 rings (SSSR count). The van der Waals surface area contributed by atoms with Crippen molar-refractivity contribution in [1.29, 1.82) is 0 Å². The first kappa shape index (κ1) is 28.4. The van der Waals surface area contributed by atoms with Crippen molar-refractivity contribution in [3.05, 3.63) is 36.0 Å². The second-order valence-electron chi connectivity index (χ2n) is 12.4. The van der Waals surface area contributed by atoms with Gasteiger partial charge in [-0.3, -0.25) is 9.59 Å². The van der Waals surface area contributed by atoms with E-state index in [4.69, 9.17) is 14.2 Å². The van der Waals surface area contributed by atoms with E-state index in [1.165, 1.54) is 5.56 Å². The van der Waals surface area contributed by atoms with E-state index in [9.17, 15) is 14.4 Å². The van der Waals surface area contributed by atoms with Crippen LogP contribution in [-0.4, -0.2) is 59.6 Å². The Labute approximate surface area is 236 Å². The van der Waals surface area contributed by atoms with Crippen molar-refractivity contribution >= 4 is 28.6 Å². The van der Waals surface area contributed by atoms with Crippen molar-refractivity contribution in [3.63, 3.8) is 0 Å². The van der Waals surface area contributed by atoms with E-state index in [1.54, 1.807) is 18.0 Å². The standard InChI is InChI=1S/C32H42N2O6/c1-4-38-31(37)27-17-24-19-34(27)30(36)26(22-9-5-6-10-22)18-28(35)39-20-32(2,3)14-7-8-21-11-12-23-13-15-33-29(40-24)25(23)16-21/h11-13,15-16,22,24,26-27H,4-10,14,17-20H2,1-3H3/t24-,26+,27+/m1/s1. The van der Waals surface area contributed by atoms with Crippen LogP contribution in [0.2, 0.25) is 0 Å². The molecular formula is C32H42N2O6. The van der Waals surface area contributed by atoms with Gasteiger partial charge in [-0.05, 0) is 73.4 Å². The van der Waals surface area contributed by atoms with Gasteiger partial charge in [0.15, 0.2) is 0 Å². The van der Waals surface area contributed by atoms with E-state index in [-0.39, 0.29) is 42.8 Å². The second kappa shape index (κ2) is 12.1. The maximum absolute atomic E-state index is 14.1. The van der Waals surface area contributed by atoms with Crippen LogP contribution in [0, 0.1) is 17.3 Å². The van der Waals surface area contributed by atoms with Crippen molar-refractivity contribution in [2.45, 2.75) is 90.7 Å². The van der Waals surface area contributed by atoms with Crippen LogP contribution < -0.4 is 4.74 Å². The number of carbonyl (C=O) groups excluding carboxylic acids is 3. The van der Waals surface area contributed by atoms with Crippen molar-refractivity contribution in [2.75, 3.05) is 19.8 Å². The number of ether oxygens (including phenoxy) is 3. The number of aryl methyl sites for hydroxylation is 1. The molecule has 0 spiro atoms. The topological polar surface area (TPSA) is 95.0 Å². The van der Waals surface area contributed by atoms with Crippen molar-refractivity contribution in [2.24, 2.45) is 17.3 Å². The second-order valence-corrected chi connectivity index (χ2v) is 12.4. The largest absolute Gasteiger partial charge is 0.472 e. The monoisotopic (exact) mass is 550 g/mol. The molecule has 1 amide bonds. The molecule has 2 aromatic rings. The Balaban J connectivity index is 1.50. The molecule has 3 aliphatic rings. The predicted octanol–water partition coefficient (Wildman–Crippen LogP) is 5.25. The number of hydrogen-bond donors (Lipinski definition) is 0. The molecule has 3 atom stereocenters. The Kier molecular flexibility index (Phi) is 8.62. The number of rotatable bonds is 3. The average molecular weight is 551 g/mol. The first-order valence-corrected chi connectivity index (χ1v) is 14.9. The highest BCUT2D eigenvalue weighted by Gasteiger charge is 2.46. The Morgan fingerprint density at radius 2 is 1.95 bits per heavy atom. The molecule has 1 aromatic heterocycles. The summed E-state index contributed by atoms with van der Waals surface area (Å²) in [5.74, 6) is -0.871. The lowest BCUT2D eigenvalue weighted by Gasteiger charge is -2.30. The first-order chi connectivity index (χ1) is 19.2. The lowest BCUT2D eigenvalue weighted by molar-refractivity contribution is -0.157. The van der Waals surface area contributed by atoms with Crippen molar-refractivity contribution < 1.29 is 28.6 Å². The molecule has 2 aliphatic heterocycles. The molecule has 0 N–H and O–H groups in total. The molecule has 0 radical (unpaired) electrons. The summed E-state index contributed by atoms with van der Waals surface area (Å²) in [6.45, 7) is 6.77. The third kappa shape index (κ3) is 6.42. The molecule has 1 saturated carbocycles. The van der Waals surface area contributed by atoms with Gasteiger partial charge in [0.25, 0.3) is 0 Å². The molecular weight excluding hydrogens is 508 g/mol. The number of benzene rings is 1. The Morgan fingerprint density at radius 3 is 2.73 bits per heavy atom. The molecule has 2 fully saturated rings. The van der Waals surface area contributed by atoms with Crippen LogP contribution >= 0.6 is 0 Å². The van der Waals surface area contributed by atoms with Crippen LogP contribution in [0.3, 0.4) is 0 Å². The van der Waals surface area contributed by atoms with Gasteiger partial charge in [0.05, 0.1) is 32.1 Å². The van der Waals surface area contributed by atoms with E-state index in [0.29, 0.717) is 18.9 Å². The summed E-state index contributed by atoms with van der Waals surface area (Å²) in [4.78, 5) is 46.5. The molecule has 3 heterocycles. The van der Waals surface area contributed by atoms with E-state index in [1.807, 2.05) is 6.07 Å². The first-order valence-electron chi connectivity index (χ1n) is 14.9. The van der Waals surface area contributed by atoms with E-state index in [0.717, 1.165) is 55.7 Å². The highest BCUT2D eigenvalue weighted by atomic mass is 16.5. The minimum Gasteiger partial charge on any atom is -0.472 e. The number of fused-ring (bicyclic) bond motifs is 3. The lowest BCUT2D eigenvalue weighted by atomic mass is 9.86.